The summed E-state index contributed by atoms with van der Waals surface area (Å²) in [5, 5.41) is 0. The van der Waals surface area contributed by atoms with Crippen molar-refractivity contribution >= 4 is 0 Å². The molecular weight excluding hydrogens is 478 g/mol. The van der Waals surface area contributed by atoms with Crippen molar-refractivity contribution in [3.63, 3.8) is 0 Å². The van der Waals surface area contributed by atoms with Crippen LogP contribution in [0, 0.1) is 30.2 Å². The predicted molar refractivity (Wildman–Crippen MR) is 127 cm³/mol. The minimum Gasteiger partial charge on any atom is -0.429 e. The molecular formula is C29H22F6O. The topological polar surface area (TPSA) is 9.23 Å². The Balaban J connectivity index is 1.59. The first-order valence-corrected chi connectivity index (χ1v) is 11.3. The van der Waals surface area contributed by atoms with Gasteiger partial charge in [0.2, 0.25) is 0 Å². The molecule has 0 amide bonds. The molecule has 1 nitrogen and oxygen atoms in total. The van der Waals surface area contributed by atoms with Crippen LogP contribution >= 0.6 is 0 Å². The summed E-state index contributed by atoms with van der Waals surface area (Å²) in [5.74, 6) is -6.27. The van der Waals surface area contributed by atoms with Crippen LogP contribution in [0.3, 0.4) is 0 Å². The number of hydrogen-bond donors (Lipinski definition) is 0. The van der Waals surface area contributed by atoms with Crippen molar-refractivity contribution < 1.29 is 31.1 Å². The van der Waals surface area contributed by atoms with Gasteiger partial charge in [-0.2, -0.15) is 8.78 Å². The van der Waals surface area contributed by atoms with E-state index in [2.05, 4.69) is 11.7 Å². The van der Waals surface area contributed by atoms with Gasteiger partial charge >= 0.3 is 6.11 Å². The fraction of sp³-hybridized carbons (Fsp3) is 0.172. The minimum absolute atomic E-state index is 0.0434. The van der Waals surface area contributed by atoms with E-state index in [1.165, 1.54) is 5.56 Å². The number of ether oxygens (including phenoxy) is 1. The van der Waals surface area contributed by atoms with Crippen LogP contribution in [0.2, 0.25) is 0 Å². The lowest BCUT2D eigenvalue weighted by atomic mass is 9.98. The van der Waals surface area contributed by atoms with E-state index in [4.69, 9.17) is 0 Å². The minimum atomic E-state index is -4.52. The SMILES string of the molecule is CCCc1ccc(-c2ccc(-c3cc(F)c(C(F)(F)Oc4cc(F)c(C)c(F)c4)c(F)c3)cc2)cc1. The number of alkyl halides is 2. The highest BCUT2D eigenvalue weighted by Gasteiger charge is 2.41. The number of hydrogen-bond acceptors (Lipinski definition) is 1. The maximum absolute atomic E-state index is 14.7. The second-order valence-electron chi connectivity index (χ2n) is 8.47. The molecule has 0 fully saturated rings. The first kappa shape index (κ1) is 25.4. The lowest BCUT2D eigenvalue weighted by Gasteiger charge is -2.20. The molecule has 0 radical (unpaired) electrons. The molecule has 4 rings (SSSR count). The maximum Gasteiger partial charge on any atom is 0.432 e. The molecule has 0 saturated heterocycles. The second-order valence-corrected chi connectivity index (χ2v) is 8.47. The van der Waals surface area contributed by atoms with E-state index in [0.717, 1.165) is 43.0 Å². The summed E-state index contributed by atoms with van der Waals surface area (Å²) in [6.45, 7) is 3.21. The Hall–Kier alpha value is -3.74. The van der Waals surface area contributed by atoms with Crippen LogP contribution < -0.4 is 4.74 Å². The van der Waals surface area contributed by atoms with Crippen molar-refractivity contribution in [2.45, 2.75) is 32.8 Å². The molecule has 0 aliphatic heterocycles. The smallest absolute Gasteiger partial charge is 0.429 e. The molecule has 7 heteroatoms. The summed E-state index contributed by atoms with van der Waals surface area (Å²) in [6, 6.07) is 17.4. The summed E-state index contributed by atoms with van der Waals surface area (Å²) in [4.78, 5) is 0. The maximum atomic E-state index is 14.7. The van der Waals surface area contributed by atoms with E-state index in [1.54, 1.807) is 24.3 Å². The van der Waals surface area contributed by atoms with E-state index >= 15 is 0 Å². The molecule has 0 saturated carbocycles. The molecule has 4 aromatic carbocycles. The highest BCUT2D eigenvalue weighted by molar-refractivity contribution is 5.71. The normalized spacial score (nSPS) is 11.6. The fourth-order valence-electron chi connectivity index (χ4n) is 3.91. The molecule has 0 heterocycles. The van der Waals surface area contributed by atoms with Crippen LogP contribution in [-0.4, -0.2) is 0 Å². The molecule has 0 atom stereocenters. The van der Waals surface area contributed by atoms with Crippen LogP contribution in [0.25, 0.3) is 22.3 Å². The Morgan fingerprint density at radius 2 is 1.08 bits per heavy atom. The first-order chi connectivity index (χ1) is 17.1. The molecule has 0 bridgehead atoms. The van der Waals surface area contributed by atoms with E-state index in [0.29, 0.717) is 17.7 Å². The van der Waals surface area contributed by atoms with Gasteiger partial charge in [0.05, 0.1) is 0 Å². The molecule has 4 aromatic rings. The summed E-state index contributed by atoms with van der Waals surface area (Å²) < 4.78 is 90.4. The highest BCUT2D eigenvalue weighted by atomic mass is 19.3. The quantitative estimate of drug-likeness (QED) is 0.230. The Bertz CT molecular complexity index is 1330. The third kappa shape index (κ3) is 5.25. The highest BCUT2D eigenvalue weighted by Crippen LogP contribution is 2.38. The average Bonchev–Trinajstić information content (AvgIpc) is 2.82. The van der Waals surface area contributed by atoms with Gasteiger partial charge in [-0.3, -0.25) is 0 Å². The zero-order valence-electron chi connectivity index (χ0n) is 19.5. The predicted octanol–water partition coefficient (Wildman–Crippen LogP) is 8.97. The summed E-state index contributed by atoms with van der Waals surface area (Å²) in [5.41, 5.74) is 1.48. The standard InChI is InChI=1S/C29H22F6O/c1-3-4-18-5-7-19(8-6-18)20-9-11-21(12-10-20)22-13-26(32)28(27(33)14-22)29(34,35)36-23-15-24(30)17(2)25(31)16-23/h5-16H,3-4H2,1-2H3. The van der Waals surface area contributed by atoms with Gasteiger partial charge in [0.1, 0.15) is 34.6 Å². The largest absolute Gasteiger partial charge is 0.432 e. The van der Waals surface area contributed by atoms with Gasteiger partial charge in [-0.15, -0.1) is 0 Å². The van der Waals surface area contributed by atoms with Crippen LogP contribution in [0.4, 0.5) is 26.3 Å². The number of benzene rings is 4. The molecule has 186 valence electrons. The third-order valence-electron chi connectivity index (χ3n) is 5.88. The lowest BCUT2D eigenvalue weighted by Crippen LogP contribution is -2.25. The summed E-state index contributed by atoms with van der Waals surface area (Å²) in [7, 11) is 0. The van der Waals surface area contributed by atoms with Crippen molar-refractivity contribution in [1.82, 2.24) is 0 Å². The number of aryl methyl sites for hydroxylation is 1. The van der Waals surface area contributed by atoms with E-state index in [9.17, 15) is 26.3 Å². The zero-order valence-corrected chi connectivity index (χ0v) is 19.5. The van der Waals surface area contributed by atoms with Gasteiger partial charge in [-0.1, -0.05) is 61.9 Å². The van der Waals surface area contributed by atoms with Crippen LogP contribution in [0.15, 0.2) is 72.8 Å². The van der Waals surface area contributed by atoms with Gasteiger partial charge in [0.25, 0.3) is 0 Å². The van der Waals surface area contributed by atoms with Crippen molar-refractivity contribution in [3.05, 3.63) is 113 Å². The Morgan fingerprint density at radius 3 is 1.56 bits per heavy atom. The van der Waals surface area contributed by atoms with Crippen LogP contribution in [-0.2, 0) is 12.5 Å². The molecule has 0 unspecified atom stereocenters. The van der Waals surface area contributed by atoms with Crippen molar-refractivity contribution in [2.24, 2.45) is 0 Å². The van der Waals surface area contributed by atoms with Gasteiger partial charge in [0, 0.05) is 17.7 Å². The van der Waals surface area contributed by atoms with Gasteiger partial charge in [0.15, 0.2) is 0 Å². The third-order valence-corrected chi connectivity index (χ3v) is 5.88. The van der Waals surface area contributed by atoms with Gasteiger partial charge < -0.3 is 4.74 Å². The Kier molecular flexibility index (Phi) is 7.11. The molecule has 0 aliphatic rings. The van der Waals surface area contributed by atoms with E-state index < -0.39 is 46.3 Å². The average molecular weight is 500 g/mol. The molecule has 0 spiro atoms. The number of rotatable bonds is 7. The zero-order chi connectivity index (χ0) is 26.0. The fourth-order valence-corrected chi connectivity index (χ4v) is 3.91. The van der Waals surface area contributed by atoms with Crippen molar-refractivity contribution in [2.75, 3.05) is 0 Å². The van der Waals surface area contributed by atoms with Gasteiger partial charge in [-0.25, -0.2) is 17.6 Å². The first-order valence-electron chi connectivity index (χ1n) is 11.3. The monoisotopic (exact) mass is 500 g/mol. The second kappa shape index (κ2) is 10.1. The summed E-state index contributed by atoms with van der Waals surface area (Å²) >= 11 is 0. The van der Waals surface area contributed by atoms with E-state index in [-0.39, 0.29) is 5.56 Å². The molecule has 0 aromatic heterocycles. The molecule has 0 aliphatic carbocycles. The number of halogens is 6. The Labute approximate surface area is 205 Å². The van der Waals surface area contributed by atoms with Crippen molar-refractivity contribution in [3.8, 4) is 28.0 Å². The van der Waals surface area contributed by atoms with Crippen LogP contribution in [0.1, 0.15) is 30.0 Å². The summed E-state index contributed by atoms with van der Waals surface area (Å²) in [6.07, 6.45) is -2.50. The van der Waals surface area contributed by atoms with Crippen molar-refractivity contribution in [1.29, 1.82) is 0 Å². The van der Waals surface area contributed by atoms with Crippen LogP contribution in [0.5, 0.6) is 5.75 Å². The van der Waals surface area contributed by atoms with E-state index in [1.807, 2.05) is 24.3 Å². The van der Waals surface area contributed by atoms with Gasteiger partial charge in [-0.05, 0) is 53.3 Å². The molecule has 36 heavy (non-hydrogen) atoms. The Morgan fingerprint density at radius 1 is 0.639 bits per heavy atom. The molecule has 0 N–H and O–H groups in total. The lowest BCUT2D eigenvalue weighted by molar-refractivity contribution is -0.189.